The van der Waals surface area contributed by atoms with E-state index < -0.39 is 0 Å². The van der Waals surface area contributed by atoms with Gasteiger partial charge in [-0.25, -0.2) is 0 Å². The summed E-state index contributed by atoms with van der Waals surface area (Å²) in [6.45, 7) is 5.32. The van der Waals surface area contributed by atoms with Crippen LogP contribution >= 0.6 is 12.4 Å². The Morgan fingerprint density at radius 2 is 2.05 bits per heavy atom. The van der Waals surface area contributed by atoms with Gasteiger partial charge in [0.05, 0.1) is 0 Å². The van der Waals surface area contributed by atoms with E-state index in [9.17, 15) is 4.79 Å². The van der Waals surface area contributed by atoms with Crippen LogP contribution in [-0.4, -0.2) is 37.5 Å². The van der Waals surface area contributed by atoms with E-state index in [0.717, 1.165) is 32.0 Å². The first-order chi connectivity index (χ1) is 8.69. The molecule has 4 heteroatoms. The lowest BCUT2D eigenvalue weighted by Gasteiger charge is -2.33. The zero-order chi connectivity index (χ0) is 13.0. The van der Waals surface area contributed by atoms with Gasteiger partial charge in [-0.05, 0) is 57.0 Å². The van der Waals surface area contributed by atoms with Gasteiger partial charge >= 0.3 is 0 Å². The molecular weight excluding hydrogens is 260 g/mol. The second-order valence-electron chi connectivity index (χ2n) is 6.39. The first-order valence-corrected chi connectivity index (χ1v) is 7.61. The molecular formula is C15H29ClN2O. The maximum Gasteiger partial charge on any atom is 0.222 e. The van der Waals surface area contributed by atoms with E-state index in [1.165, 1.54) is 32.1 Å². The standard InChI is InChI=1S/C15H28N2O.ClH/c1-12-5-6-13(8-12)9-15(18)17-7-3-4-14(11-17)10-16-2;/h12-14,16H,3-11H2,1-2H3;1H. The Labute approximate surface area is 123 Å². The maximum atomic E-state index is 12.3. The molecule has 3 unspecified atom stereocenters. The Hall–Kier alpha value is -0.280. The van der Waals surface area contributed by atoms with Gasteiger partial charge in [-0.3, -0.25) is 4.79 Å². The molecule has 1 N–H and O–H groups in total. The number of rotatable bonds is 4. The minimum Gasteiger partial charge on any atom is -0.342 e. The number of nitrogens with one attached hydrogen (secondary N) is 1. The summed E-state index contributed by atoms with van der Waals surface area (Å²) < 4.78 is 0. The molecule has 0 aromatic rings. The fourth-order valence-corrected chi connectivity index (χ4v) is 3.63. The van der Waals surface area contributed by atoms with Gasteiger partial charge in [0, 0.05) is 19.5 Å². The van der Waals surface area contributed by atoms with Gasteiger partial charge in [0.15, 0.2) is 0 Å². The Bertz CT molecular complexity index is 283. The molecule has 1 saturated heterocycles. The van der Waals surface area contributed by atoms with Crippen LogP contribution in [0.5, 0.6) is 0 Å². The average Bonchev–Trinajstić information content (AvgIpc) is 2.75. The van der Waals surface area contributed by atoms with Crippen molar-refractivity contribution in [3.8, 4) is 0 Å². The Morgan fingerprint density at radius 1 is 1.26 bits per heavy atom. The molecule has 0 aromatic carbocycles. The highest BCUT2D eigenvalue weighted by Gasteiger charge is 2.28. The van der Waals surface area contributed by atoms with Crippen LogP contribution in [0.25, 0.3) is 0 Å². The third-order valence-corrected chi connectivity index (χ3v) is 4.63. The van der Waals surface area contributed by atoms with E-state index in [0.29, 0.717) is 17.7 Å². The van der Waals surface area contributed by atoms with Crippen LogP contribution in [0, 0.1) is 17.8 Å². The lowest BCUT2D eigenvalue weighted by molar-refractivity contribution is -0.134. The summed E-state index contributed by atoms with van der Waals surface area (Å²) in [5.74, 6) is 2.57. The molecule has 112 valence electrons. The van der Waals surface area contributed by atoms with Crippen molar-refractivity contribution in [2.75, 3.05) is 26.7 Å². The van der Waals surface area contributed by atoms with Crippen molar-refractivity contribution in [1.29, 1.82) is 0 Å². The number of halogens is 1. The lowest BCUT2D eigenvalue weighted by Crippen LogP contribution is -2.42. The lowest BCUT2D eigenvalue weighted by atomic mass is 9.96. The first-order valence-electron chi connectivity index (χ1n) is 7.61. The van der Waals surface area contributed by atoms with Gasteiger partial charge < -0.3 is 10.2 Å². The van der Waals surface area contributed by atoms with Crippen LogP contribution < -0.4 is 5.32 Å². The quantitative estimate of drug-likeness (QED) is 0.863. The van der Waals surface area contributed by atoms with Gasteiger partial charge in [-0.1, -0.05) is 13.3 Å². The highest BCUT2D eigenvalue weighted by molar-refractivity contribution is 5.85. The van der Waals surface area contributed by atoms with E-state index >= 15 is 0 Å². The molecule has 3 nitrogen and oxygen atoms in total. The molecule has 1 saturated carbocycles. The molecule has 1 heterocycles. The van der Waals surface area contributed by atoms with Gasteiger partial charge in [0.25, 0.3) is 0 Å². The fraction of sp³-hybridized carbons (Fsp3) is 0.933. The predicted molar refractivity (Wildman–Crippen MR) is 81.6 cm³/mol. The van der Waals surface area contributed by atoms with Crippen LogP contribution in [-0.2, 0) is 4.79 Å². The number of carbonyl (C=O) groups is 1. The van der Waals surface area contributed by atoms with Gasteiger partial charge in [-0.15, -0.1) is 12.4 Å². The second kappa shape index (κ2) is 8.11. The maximum absolute atomic E-state index is 12.3. The third kappa shape index (κ3) is 4.96. The number of nitrogens with zero attached hydrogens (tertiary/aromatic N) is 1. The topological polar surface area (TPSA) is 32.3 Å². The molecule has 0 bridgehead atoms. The summed E-state index contributed by atoms with van der Waals surface area (Å²) in [5.41, 5.74) is 0. The molecule has 2 aliphatic rings. The molecule has 0 radical (unpaired) electrons. The van der Waals surface area contributed by atoms with Crippen molar-refractivity contribution in [2.24, 2.45) is 17.8 Å². The summed E-state index contributed by atoms with van der Waals surface area (Å²) in [6.07, 6.45) is 7.10. The normalized spacial score (nSPS) is 31.1. The van der Waals surface area contributed by atoms with Crippen molar-refractivity contribution >= 4 is 18.3 Å². The summed E-state index contributed by atoms with van der Waals surface area (Å²) in [6, 6.07) is 0. The number of likely N-dealkylation sites (tertiary alicyclic amines) is 1. The van der Waals surface area contributed by atoms with Crippen molar-refractivity contribution in [2.45, 2.75) is 45.4 Å². The summed E-state index contributed by atoms with van der Waals surface area (Å²) in [4.78, 5) is 14.4. The number of hydrogen-bond acceptors (Lipinski definition) is 2. The highest BCUT2D eigenvalue weighted by atomic mass is 35.5. The molecule has 1 aliphatic carbocycles. The predicted octanol–water partition coefficient (Wildman–Crippen LogP) is 2.69. The summed E-state index contributed by atoms with van der Waals surface area (Å²) in [7, 11) is 2.00. The van der Waals surface area contributed by atoms with Crippen molar-refractivity contribution in [3.63, 3.8) is 0 Å². The molecule has 2 fully saturated rings. The fourth-order valence-electron chi connectivity index (χ4n) is 3.63. The second-order valence-corrected chi connectivity index (χ2v) is 6.39. The number of piperidine rings is 1. The third-order valence-electron chi connectivity index (χ3n) is 4.63. The number of carbonyl (C=O) groups excluding carboxylic acids is 1. The number of amides is 1. The Morgan fingerprint density at radius 3 is 2.68 bits per heavy atom. The SMILES string of the molecule is CNCC1CCCN(C(=O)CC2CCC(C)C2)C1.Cl. The minimum atomic E-state index is 0. The van der Waals surface area contributed by atoms with E-state index in [1.807, 2.05) is 7.05 Å². The van der Waals surface area contributed by atoms with Gasteiger partial charge in [0.2, 0.25) is 5.91 Å². The molecule has 0 spiro atoms. The van der Waals surface area contributed by atoms with Gasteiger partial charge in [-0.2, -0.15) is 0 Å². The van der Waals surface area contributed by atoms with Crippen LogP contribution in [0.4, 0.5) is 0 Å². The van der Waals surface area contributed by atoms with E-state index in [4.69, 9.17) is 0 Å². The molecule has 1 amide bonds. The highest BCUT2D eigenvalue weighted by Crippen LogP contribution is 2.33. The average molecular weight is 289 g/mol. The van der Waals surface area contributed by atoms with Crippen LogP contribution in [0.3, 0.4) is 0 Å². The van der Waals surface area contributed by atoms with Crippen molar-refractivity contribution < 1.29 is 4.79 Å². The Balaban J connectivity index is 0.00000180. The summed E-state index contributed by atoms with van der Waals surface area (Å²) >= 11 is 0. The number of hydrogen-bond donors (Lipinski definition) is 1. The smallest absolute Gasteiger partial charge is 0.222 e. The zero-order valence-corrected chi connectivity index (χ0v) is 13.2. The van der Waals surface area contributed by atoms with E-state index in [2.05, 4.69) is 17.1 Å². The Kier molecular flexibility index (Phi) is 7.16. The largest absolute Gasteiger partial charge is 0.342 e. The molecule has 19 heavy (non-hydrogen) atoms. The minimum absolute atomic E-state index is 0. The van der Waals surface area contributed by atoms with Crippen molar-refractivity contribution in [3.05, 3.63) is 0 Å². The van der Waals surface area contributed by atoms with Crippen LogP contribution in [0.2, 0.25) is 0 Å². The van der Waals surface area contributed by atoms with E-state index in [-0.39, 0.29) is 12.4 Å². The van der Waals surface area contributed by atoms with Crippen molar-refractivity contribution in [1.82, 2.24) is 10.2 Å². The molecule has 3 atom stereocenters. The van der Waals surface area contributed by atoms with Crippen LogP contribution in [0.1, 0.15) is 45.4 Å². The zero-order valence-electron chi connectivity index (χ0n) is 12.4. The summed E-state index contributed by atoms with van der Waals surface area (Å²) in [5, 5.41) is 3.24. The molecule has 1 aliphatic heterocycles. The first kappa shape index (κ1) is 16.8. The van der Waals surface area contributed by atoms with Crippen LogP contribution in [0.15, 0.2) is 0 Å². The monoisotopic (exact) mass is 288 g/mol. The van der Waals surface area contributed by atoms with Gasteiger partial charge in [0.1, 0.15) is 0 Å². The molecule has 2 rings (SSSR count). The molecule has 0 aromatic heterocycles. The van der Waals surface area contributed by atoms with E-state index in [1.54, 1.807) is 0 Å².